The summed E-state index contributed by atoms with van der Waals surface area (Å²) < 4.78 is 56.4. The topological polar surface area (TPSA) is 66.5 Å². The molecule has 2 aromatic carbocycles. The lowest BCUT2D eigenvalue weighted by molar-refractivity contribution is -0.140. The first kappa shape index (κ1) is 20.0. The molecular weight excluding hydrogens is 398 g/mol. The van der Waals surface area contributed by atoms with Crippen LogP contribution >= 0.6 is 0 Å². The summed E-state index contributed by atoms with van der Waals surface area (Å²) in [5, 5.41) is 0. The van der Waals surface area contributed by atoms with Gasteiger partial charge < -0.3 is 4.90 Å². The fourth-order valence-electron chi connectivity index (χ4n) is 4.38. The van der Waals surface area contributed by atoms with Crippen LogP contribution in [-0.4, -0.2) is 44.1 Å². The van der Waals surface area contributed by atoms with Crippen molar-refractivity contribution in [2.24, 2.45) is 0 Å². The van der Waals surface area contributed by atoms with Gasteiger partial charge in [-0.1, -0.05) is 48.5 Å². The SMILES string of the molecule is CS(=O)(=O)NC1CCN2C(=O)CC(F)(F)c3ccccc3-c3cccc(c3)CC12. The third-order valence-electron chi connectivity index (χ3n) is 5.61. The van der Waals surface area contributed by atoms with Crippen molar-refractivity contribution in [3.63, 3.8) is 0 Å². The van der Waals surface area contributed by atoms with E-state index in [2.05, 4.69) is 4.72 Å². The van der Waals surface area contributed by atoms with Crippen molar-refractivity contribution < 1.29 is 22.0 Å². The Morgan fingerprint density at radius 2 is 1.90 bits per heavy atom. The first-order valence-electron chi connectivity index (χ1n) is 9.47. The number of rotatable bonds is 2. The summed E-state index contributed by atoms with van der Waals surface area (Å²) >= 11 is 0. The smallest absolute Gasteiger partial charge is 0.282 e. The minimum atomic E-state index is -3.49. The molecule has 0 aromatic heterocycles. The minimum Gasteiger partial charge on any atom is -0.338 e. The molecule has 1 saturated heterocycles. The highest BCUT2D eigenvalue weighted by Crippen LogP contribution is 2.40. The van der Waals surface area contributed by atoms with Gasteiger partial charge in [0, 0.05) is 18.2 Å². The lowest BCUT2D eigenvalue weighted by Crippen LogP contribution is -2.48. The van der Waals surface area contributed by atoms with E-state index in [0.29, 0.717) is 24.0 Å². The highest BCUT2D eigenvalue weighted by molar-refractivity contribution is 7.88. The lowest BCUT2D eigenvalue weighted by Gasteiger charge is -2.29. The Morgan fingerprint density at radius 3 is 2.66 bits per heavy atom. The van der Waals surface area contributed by atoms with Crippen LogP contribution in [0.3, 0.4) is 0 Å². The van der Waals surface area contributed by atoms with Crippen molar-refractivity contribution in [2.45, 2.75) is 37.3 Å². The van der Waals surface area contributed by atoms with E-state index >= 15 is 8.78 Å². The maximum atomic E-state index is 15.2. The first-order chi connectivity index (χ1) is 13.6. The Bertz CT molecular complexity index is 1060. The van der Waals surface area contributed by atoms with Gasteiger partial charge in [0.15, 0.2) is 0 Å². The highest BCUT2D eigenvalue weighted by atomic mass is 32.2. The number of sulfonamides is 1. The standard InChI is InChI=1S/C21H22F2N2O3S/c1-29(27,28)24-18-9-10-25-19(18)12-14-5-4-6-15(11-14)16-7-2-3-8-17(16)21(22,23)13-20(25)26/h2-8,11,18-19,24H,9-10,12-13H2,1H3. The summed E-state index contributed by atoms with van der Waals surface area (Å²) in [6.45, 7) is 0.244. The van der Waals surface area contributed by atoms with E-state index in [1.54, 1.807) is 30.3 Å². The van der Waals surface area contributed by atoms with Crippen LogP contribution in [0.4, 0.5) is 8.78 Å². The molecule has 0 saturated carbocycles. The number of nitrogens with one attached hydrogen (secondary N) is 1. The summed E-state index contributed by atoms with van der Waals surface area (Å²) in [6, 6.07) is 12.5. The molecule has 2 atom stereocenters. The molecule has 29 heavy (non-hydrogen) atoms. The van der Waals surface area contributed by atoms with Crippen LogP contribution in [-0.2, 0) is 27.2 Å². The first-order valence-corrected chi connectivity index (χ1v) is 11.4. The van der Waals surface area contributed by atoms with E-state index in [0.717, 1.165) is 11.8 Å². The maximum absolute atomic E-state index is 15.2. The average molecular weight is 420 g/mol. The second-order valence-corrected chi connectivity index (χ2v) is 9.55. The minimum absolute atomic E-state index is 0.172. The zero-order valence-electron chi connectivity index (χ0n) is 15.9. The molecule has 0 radical (unpaired) electrons. The summed E-state index contributed by atoms with van der Waals surface area (Å²) in [4.78, 5) is 14.3. The predicted octanol–water partition coefficient (Wildman–Crippen LogP) is 2.91. The number of carbonyl (C=O) groups excluding carboxylic acids is 1. The fourth-order valence-corrected chi connectivity index (χ4v) is 5.20. The molecule has 4 rings (SSSR count). The number of benzene rings is 2. The van der Waals surface area contributed by atoms with E-state index < -0.39 is 40.4 Å². The molecule has 2 unspecified atom stereocenters. The molecule has 1 fully saturated rings. The molecule has 2 aliphatic rings. The maximum Gasteiger partial charge on any atom is 0.282 e. The van der Waals surface area contributed by atoms with Crippen LogP contribution in [0.15, 0.2) is 48.5 Å². The van der Waals surface area contributed by atoms with Crippen LogP contribution < -0.4 is 4.72 Å². The van der Waals surface area contributed by atoms with Gasteiger partial charge in [0.25, 0.3) is 5.92 Å². The normalized spacial score (nSPS) is 23.8. The predicted molar refractivity (Wildman–Crippen MR) is 106 cm³/mol. The number of carbonyl (C=O) groups is 1. The molecule has 2 aromatic rings. The Kier molecular flexibility index (Phi) is 4.94. The van der Waals surface area contributed by atoms with Crippen LogP contribution in [0.2, 0.25) is 0 Å². The van der Waals surface area contributed by atoms with E-state index in [1.165, 1.54) is 11.0 Å². The number of fused-ring (bicyclic) bond motifs is 5. The number of alkyl halides is 2. The van der Waals surface area contributed by atoms with Gasteiger partial charge in [-0.25, -0.2) is 21.9 Å². The van der Waals surface area contributed by atoms with Gasteiger partial charge in [-0.3, -0.25) is 4.79 Å². The second kappa shape index (κ2) is 7.18. The van der Waals surface area contributed by atoms with E-state index in [9.17, 15) is 13.2 Å². The highest BCUT2D eigenvalue weighted by Gasteiger charge is 2.44. The largest absolute Gasteiger partial charge is 0.338 e. The summed E-state index contributed by atoms with van der Waals surface area (Å²) in [5.41, 5.74) is 1.76. The van der Waals surface area contributed by atoms with Gasteiger partial charge >= 0.3 is 0 Å². The Balaban J connectivity index is 1.82. The van der Waals surface area contributed by atoms with Crippen LogP contribution in [0, 0.1) is 0 Å². The van der Waals surface area contributed by atoms with Crippen LogP contribution in [0.1, 0.15) is 24.0 Å². The van der Waals surface area contributed by atoms with Crippen molar-refractivity contribution in [2.75, 3.05) is 12.8 Å². The van der Waals surface area contributed by atoms with Gasteiger partial charge in [-0.15, -0.1) is 0 Å². The number of amides is 1. The third kappa shape index (κ3) is 4.04. The Labute approximate surface area is 168 Å². The molecule has 2 heterocycles. The van der Waals surface area contributed by atoms with Gasteiger partial charge in [0.05, 0.1) is 18.7 Å². The third-order valence-corrected chi connectivity index (χ3v) is 6.34. The van der Waals surface area contributed by atoms with E-state index in [1.807, 2.05) is 12.1 Å². The monoisotopic (exact) mass is 420 g/mol. The van der Waals surface area contributed by atoms with Crippen molar-refractivity contribution in [1.82, 2.24) is 9.62 Å². The van der Waals surface area contributed by atoms with Gasteiger partial charge in [0.1, 0.15) is 0 Å². The Morgan fingerprint density at radius 1 is 1.14 bits per heavy atom. The molecule has 2 aliphatic heterocycles. The van der Waals surface area contributed by atoms with E-state index in [-0.39, 0.29) is 12.1 Å². The van der Waals surface area contributed by atoms with Crippen LogP contribution in [0.25, 0.3) is 11.1 Å². The summed E-state index contributed by atoms with van der Waals surface area (Å²) in [5.74, 6) is -4.00. The van der Waals surface area contributed by atoms with Gasteiger partial charge in [0.2, 0.25) is 15.9 Å². The number of hydrogen-bond donors (Lipinski definition) is 1. The summed E-state index contributed by atoms with van der Waals surface area (Å²) in [6.07, 6.45) is 0.905. The summed E-state index contributed by atoms with van der Waals surface area (Å²) in [7, 11) is -3.49. The van der Waals surface area contributed by atoms with Gasteiger partial charge in [-0.2, -0.15) is 0 Å². The van der Waals surface area contributed by atoms with Crippen LogP contribution in [0.5, 0.6) is 0 Å². The molecule has 154 valence electrons. The zero-order valence-corrected chi connectivity index (χ0v) is 16.8. The van der Waals surface area contributed by atoms with E-state index in [4.69, 9.17) is 0 Å². The lowest BCUT2D eigenvalue weighted by atomic mass is 9.92. The van der Waals surface area contributed by atoms with Gasteiger partial charge in [-0.05, 0) is 29.5 Å². The molecule has 0 aliphatic carbocycles. The average Bonchev–Trinajstić information content (AvgIpc) is 3.01. The molecule has 1 amide bonds. The molecule has 2 bridgehead atoms. The molecule has 0 spiro atoms. The quantitative estimate of drug-likeness (QED) is 0.813. The number of nitrogens with zero attached hydrogens (tertiary/aromatic N) is 1. The number of hydrogen-bond acceptors (Lipinski definition) is 3. The van der Waals surface area contributed by atoms with Crippen molar-refractivity contribution >= 4 is 15.9 Å². The molecule has 5 nitrogen and oxygen atoms in total. The molecule has 1 N–H and O–H groups in total. The van der Waals surface area contributed by atoms with Crippen molar-refractivity contribution in [3.8, 4) is 11.1 Å². The van der Waals surface area contributed by atoms with Crippen molar-refractivity contribution in [3.05, 3.63) is 59.7 Å². The van der Waals surface area contributed by atoms with Crippen molar-refractivity contribution in [1.29, 1.82) is 0 Å². The zero-order chi connectivity index (χ0) is 20.8. The number of halogens is 2. The Hall–Kier alpha value is -2.32. The second-order valence-electron chi connectivity index (χ2n) is 7.77. The molecular formula is C21H22F2N2O3S. The molecule has 8 heteroatoms. The fraction of sp³-hybridized carbons (Fsp3) is 0.381.